The average molecular weight is 167 g/mol. The zero-order valence-electron chi connectivity index (χ0n) is 8.13. The highest BCUT2D eigenvalue weighted by atomic mass is 16.5. The molecule has 0 aliphatic heterocycles. The SMILES string of the molecule is CC.Cc1cc(C2CCC2)no1. The Morgan fingerprint density at radius 1 is 1.42 bits per heavy atom. The van der Waals surface area contributed by atoms with E-state index in [0.29, 0.717) is 5.92 Å². The third-order valence-electron chi connectivity index (χ3n) is 2.17. The van der Waals surface area contributed by atoms with Crippen LogP contribution in [0.4, 0.5) is 0 Å². The zero-order valence-corrected chi connectivity index (χ0v) is 8.13. The fourth-order valence-corrected chi connectivity index (χ4v) is 1.28. The molecule has 0 aromatic carbocycles. The van der Waals surface area contributed by atoms with Crippen LogP contribution in [-0.4, -0.2) is 5.16 Å². The summed E-state index contributed by atoms with van der Waals surface area (Å²) >= 11 is 0. The van der Waals surface area contributed by atoms with Crippen molar-refractivity contribution in [3.8, 4) is 0 Å². The van der Waals surface area contributed by atoms with Crippen LogP contribution in [0.2, 0.25) is 0 Å². The first-order valence-corrected chi connectivity index (χ1v) is 4.79. The first-order valence-electron chi connectivity index (χ1n) is 4.79. The molecule has 2 nitrogen and oxygen atoms in total. The average Bonchev–Trinajstić information content (AvgIpc) is 2.37. The molecule has 2 heteroatoms. The van der Waals surface area contributed by atoms with Crippen molar-refractivity contribution in [1.29, 1.82) is 0 Å². The Kier molecular flexibility index (Phi) is 3.32. The van der Waals surface area contributed by atoms with Gasteiger partial charge >= 0.3 is 0 Å². The summed E-state index contributed by atoms with van der Waals surface area (Å²) in [5.74, 6) is 1.64. The first-order chi connectivity index (χ1) is 5.86. The largest absolute Gasteiger partial charge is 0.361 e. The molecule has 1 aliphatic carbocycles. The van der Waals surface area contributed by atoms with Crippen LogP contribution < -0.4 is 0 Å². The summed E-state index contributed by atoms with van der Waals surface area (Å²) in [7, 11) is 0. The van der Waals surface area contributed by atoms with Gasteiger partial charge in [0, 0.05) is 12.0 Å². The highest BCUT2D eigenvalue weighted by Crippen LogP contribution is 2.35. The molecule has 1 saturated carbocycles. The Bertz CT molecular complexity index is 225. The van der Waals surface area contributed by atoms with Gasteiger partial charge in [-0.15, -0.1) is 0 Å². The van der Waals surface area contributed by atoms with E-state index in [1.54, 1.807) is 0 Å². The van der Waals surface area contributed by atoms with E-state index >= 15 is 0 Å². The maximum Gasteiger partial charge on any atom is 0.133 e. The van der Waals surface area contributed by atoms with E-state index in [1.165, 1.54) is 19.3 Å². The summed E-state index contributed by atoms with van der Waals surface area (Å²) in [5, 5.41) is 3.96. The molecule has 1 heterocycles. The topological polar surface area (TPSA) is 26.0 Å². The summed E-state index contributed by atoms with van der Waals surface area (Å²) in [6.07, 6.45) is 3.95. The lowest BCUT2D eigenvalue weighted by Gasteiger charge is -2.22. The smallest absolute Gasteiger partial charge is 0.133 e. The van der Waals surface area contributed by atoms with Crippen LogP contribution >= 0.6 is 0 Å². The van der Waals surface area contributed by atoms with Gasteiger partial charge in [0.2, 0.25) is 0 Å². The number of nitrogens with zero attached hydrogens (tertiary/aromatic N) is 1. The van der Waals surface area contributed by atoms with Crippen LogP contribution in [0.15, 0.2) is 10.6 Å². The van der Waals surface area contributed by atoms with Crippen molar-refractivity contribution in [3.05, 3.63) is 17.5 Å². The lowest BCUT2D eigenvalue weighted by Crippen LogP contribution is -2.08. The minimum absolute atomic E-state index is 0.706. The van der Waals surface area contributed by atoms with Gasteiger partial charge in [-0.2, -0.15) is 0 Å². The molecule has 1 aliphatic rings. The number of aromatic nitrogens is 1. The van der Waals surface area contributed by atoms with Crippen molar-refractivity contribution in [2.75, 3.05) is 0 Å². The number of rotatable bonds is 1. The predicted molar refractivity (Wildman–Crippen MR) is 49.2 cm³/mol. The molecule has 0 bridgehead atoms. The molecule has 12 heavy (non-hydrogen) atoms. The predicted octanol–water partition coefficient (Wildman–Crippen LogP) is 3.28. The third kappa shape index (κ3) is 1.87. The molecule has 0 spiro atoms. The van der Waals surface area contributed by atoms with E-state index < -0.39 is 0 Å². The molecule has 1 aromatic heterocycles. The Balaban J connectivity index is 0.000000336. The fourth-order valence-electron chi connectivity index (χ4n) is 1.28. The van der Waals surface area contributed by atoms with Crippen LogP contribution in [0.3, 0.4) is 0 Å². The zero-order chi connectivity index (χ0) is 8.97. The molecule has 0 unspecified atom stereocenters. The monoisotopic (exact) mass is 167 g/mol. The van der Waals surface area contributed by atoms with Gasteiger partial charge in [0.25, 0.3) is 0 Å². The van der Waals surface area contributed by atoms with E-state index in [2.05, 4.69) is 5.16 Å². The lowest BCUT2D eigenvalue weighted by molar-refractivity contribution is 0.354. The van der Waals surface area contributed by atoms with Crippen LogP contribution in [0.1, 0.15) is 50.5 Å². The molecule has 2 rings (SSSR count). The second kappa shape index (κ2) is 4.29. The molecule has 1 aromatic rings. The van der Waals surface area contributed by atoms with Gasteiger partial charge in [0.15, 0.2) is 0 Å². The van der Waals surface area contributed by atoms with Crippen molar-refractivity contribution in [3.63, 3.8) is 0 Å². The molecule has 0 atom stereocenters. The van der Waals surface area contributed by atoms with Crippen molar-refractivity contribution < 1.29 is 4.52 Å². The minimum atomic E-state index is 0.706. The van der Waals surface area contributed by atoms with Crippen LogP contribution in [-0.2, 0) is 0 Å². The first kappa shape index (κ1) is 9.30. The van der Waals surface area contributed by atoms with Gasteiger partial charge < -0.3 is 4.52 Å². The molecule has 0 saturated heterocycles. The number of hydrogen-bond acceptors (Lipinski definition) is 2. The van der Waals surface area contributed by atoms with Gasteiger partial charge in [-0.25, -0.2) is 0 Å². The maximum atomic E-state index is 4.97. The molecular formula is C10H17NO. The highest BCUT2D eigenvalue weighted by Gasteiger charge is 2.22. The van der Waals surface area contributed by atoms with Crippen LogP contribution in [0.5, 0.6) is 0 Å². The summed E-state index contributed by atoms with van der Waals surface area (Å²) < 4.78 is 4.97. The molecule has 0 amide bonds. The van der Waals surface area contributed by atoms with Crippen molar-refractivity contribution in [2.45, 2.75) is 46.0 Å². The Labute approximate surface area is 74.0 Å². The molecule has 68 valence electrons. The summed E-state index contributed by atoms with van der Waals surface area (Å²) in [4.78, 5) is 0. The standard InChI is InChI=1S/C8H11NO.C2H6/c1-6-5-8(9-10-6)7-3-2-4-7;1-2/h5,7H,2-4H2,1H3;1-2H3. The van der Waals surface area contributed by atoms with E-state index in [1.807, 2.05) is 26.8 Å². The second-order valence-corrected chi connectivity index (χ2v) is 2.99. The minimum Gasteiger partial charge on any atom is -0.361 e. The van der Waals surface area contributed by atoms with Crippen molar-refractivity contribution in [1.82, 2.24) is 5.16 Å². The molecule has 1 fully saturated rings. The van der Waals surface area contributed by atoms with E-state index in [0.717, 1.165) is 11.5 Å². The lowest BCUT2D eigenvalue weighted by atomic mass is 9.83. The van der Waals surface area contributed by atoms with Crippen molar-refractivity contribution >= 4 is 0 Å². The van der Waals surface area contributed by atoms with Gasteiger partial charge in [-0.1, -0.05) is 25.4 Å². The van der Waals surface area contributed by atoms with Gasteiger partial charge in [-0.05, 0) is 19.8 Å². The Morgan fingerprint density at radius 2 is 2.08 bits per heavy atom. The highest BCUT2D eigenvalue weighted by molar-refractivity contribution is 5.11. The second-order valence-electron chi connectivity index (χ2n) is 2.99. The molecule has 0 N–H and O–H groups in total. The van der Waals surface area contributed by atoms with E-state index in [9.17, 15) is 0 Å². The van der Waals surface area contributed by atoms with Crippen LogP contribution in [0.25, 0.3) is 0 Å². The normalized spacial score (nSPS) is 16.2. The Morgan fingerprint density at radius 3 is 2.42 bits per heavy atom. The Hall–Kier alpha value is -0.790. The number of hydrogen-bond donors (Lipinski definition) is 0. The van der Waals surface area contributed by atoms with Gasteiger partial charge in [0.1, 0.15) is 5.76 Å². The van der Waals surface area contributed by atoms with Gasteiger partial charge in [-0.3, -0.25) is 0 Å². The van der Waals surface area contributed by atoms with E-state index in [-0.39, 0.29) is 0 Å². The summed E-state index contributed by atoms with van der Waals surface area (Å²) in [5.41, 5.74) is 1.16. The summed E-state index contributed by atoms with van der Waals surface area (Å²) in [6.45, 7) is 5.94. The summed E-state index contributed by atoms with van der Waals surface area (Å²) in [6, 6.07) is 2.05. The van der Waals surface area contributed by atoms with Gasteiger partial charge in [0.05, 0.1) is 5.69 Å². The van der Waals surface area contributed by atoms with Crippen LogP contribution in [0, 0.1) is 6.92 Å². The molecular weight excluding hydrogens is 150 g/mol. The van der Waals surface area contributed by atoms with Crippen molar-refractivity contribution in [2.24, 2.45) is 0 Å². The number of aryl methyl sites for hydroxylation is 1. The third-order valence-corrected chi connectivity index (χ3v) is 2.17. The maximum absolute atomic E-state index is 4.97. The van der Waals surface area contributed by atoms with E-state index in [4.69, 9.17) is 4.52 Å². The quantitative estimate of drug-likeness (QED) is 0.641. The molecule has 0 radical (unpaired) electrons. The fraction of sp³-hybridized carbons (Fsp3) is 0.700.